The van der Waals surface area contributed by atoms with Gasteiger partial charge in [-0.1, -0.05) is 30.0 Å². The molecule has 2 N–H and O–H groups in total. The van der Waals surface area contributed by atoms with E-state index in [1.807, 2.05) is 0 Å². The molecule has 0 atom stereocenters. The first-order valence-electron chi connectivity index (χ1n) is 5.86. The van der Waals surface area contributed by atoms with Gasteiger partial charge in [0.15, 0.2) is 0 Å². The summed E-state index contributed by atoms with van der Waals surface area (Å²) in [6, 6.07) is 5.37. The number of halogens is 2. The SMILES string of the molecule is C=CCN(CC(=O)O)C(=O)Nc1ccccc1SC(F)F. The van der Waals surface area contributed by atoms with E-state index in [-0.39, 0.29) is 17.1 Å². The molecule has 0 radical (unpaired) electrons. The van der Waals surface area contributed by atoms with Gasteiger partial charge in [-0.25, -0.2) is 4.79 Å². The molecule has 0 unspecified atom stereocenters. The standard InChI is InChI=1S/C13H14F2N2O3S/c1-2-7-17(8-11(18)19)13(20)16-9-5-3-4-6-10(9)21-12(14)15/h2-6,12H,1,7-8H2,(H,16,20)(H,18,19). The Kier molecular flexibility index (Phi) is 6.67. The van der Waals surface area contributed by atoms with Gasteiger partial charge in [-0.15, -0.1) is 6.58 Å². The highest BCUT2D eigenvalue weighted by molar-refractivity contribution is 7.99. The molecule has 0 fully saturated rings. The van der Waals surface area contributed by atoms with E-state index in [4.69, 9.17) is 5.11 Å². The first-order chi connectivity index (χ1) is 9.93. The molecule has 0 aromatic heterocycles. The van der Waals surface area contributed by atoms with Crippen molar-refractivity contribution in [1.29, 1.82) is 0 Å². The second kappa shape index (κ2) is 8.25. The normalized spacial score (nSPS) is 10.2. The van der Waals surface area contributed by atoms with Gasteiger partial charge < -0.3 is 15.3 Å². The van der Waals surface area contributed by atoms with Crippen LogP contribution < -0.4 is 5.32 Å². The monoisotopic (exact) mass is 316 g/mol. The molecule has 0 aliphatic heterocycles. The van der Waals surface area contributed by atoms with Crippen LogP contribution in [0, 0.1) is 0 Å². The largest absolute Gasteiger partial charge is 0.480 e. The highest BCUT2D eigenvalue weighted by Gasteiger charge is 2.17. The Balaban J connectivity index is 2.85. The van der Waals surface area contributed by atoms with Gasteiger partial charge in [0.1, 0.15) is 6.54 Å². The summed E-state index contributed by atoms with van der Waals surface area (Å²) in [6.45, 7) is 2.95. The number of anilines is 1. The molecular weight excluding hydrogens is 302 g/mol. The van der Waals surface area contributed by atoms with Crippen LogP contribution in [-0.2, 0) is 4.79 Å². The lowest BCUT2D eigenvalue weighted by Crippen LogP contribution is -2.38. The maximum Gasteiger partial charge on any atom is 0.323 e. The van der Waals surface area contributed by atoms with Gasteiger partial charge in [0.2, 0.25) is 0 Å². The molecule has 5 nitrogen and oxygen atoms in total. The number of hydrogen-bond acceptors (Lipinski definition) is 3. The van der Waals surface area contributed by atoms with E-state index in [0.717, 1.165) is 4.90 Å². The van der Waals surface area contributed by atoms with Crippen LogP contribution in [0.15, 0.2) is 41.8 Å². The van der Waals surface area contributed by atoms with Crippen molar-refractivity contribution < 1.29 is 23.5 Å². The molecule has 0 saturated heterocycles. The molecular formula is C13H14F2N2O3S. The average Bonchev–Trinajstić information content (AvgIpc) is 2.39. The predicted octanol–water partition coefficient (Wildman–Crippen LogP) is 3.11. The van der Waals surface area contributed by atoms with Gasteiger partial charge in [0.25, 0.3) is 5.76 Å². The molecule has 1 aromatic rings. The number of hydrogen-bond donors (Lipinski definition) is 2. The van der Waals surface area contributed by atoms with E-state index in [2.05, 4.69) is 11.9 Å². The fourth-order valence-electron chi connectivity index (χ4n) is 1.50. The van der Waals surface area contributed by atoms with Gasteiger partial charge in [0, 0.05) is 11.4 Å². The van der Waals surface area contributed by atoms with Crippen molar-refractivity contribution in [3.8, 4) is 0 Å². The number of carbonyl (C=O) groups is 2. The number of nitrogens with one attached hydrogen (secondary N) is 1. The van der Waals surface area contributed by atoms with Crippen LogP contribution in [0.25, 0.3) is 0 Å². The van der Waals surface area contributed by atoms with Gasteiger partial charge in [-0.2, -0.15) is 8.78 Å². The third-order valence-corrected chi connectivity index (χ3v) is 3.10. The van der Waals surface area contributed by atoms with Gasteiger partial charge >= 0.3 is 12.0 Å². The summed E-state index contributed by atoms with van der Waals surface area (Å²) in [7, 11) is 0. The number of carboxylic acids is 1. The van der Waals surface area contributed by atoms with Gasteiger partial charge in [-0.3, -0.25) is 4.79 Å². The van der Waals surface area contributed by atoms with Crippen molar-refractivity contribution in [2.75, 3.05) is 18.4 Å². The number of para-hydroxylation sites is 1. The fourth-order valence-corrected chi connectivity index (χ4v) is 2.10. The maximum atomic E-state index is 12.4. The summed E-state index contributed by atoms with van der Waals surface area (Å²) < 4.78 is 24.9. The zero-order valence-corrected chi connectivity index (χ0v) is 11.8. The van der Waals surface area contributed by atoms with Crippen molar-refractivity contribution in [3.63, 3.8) is 0 Å². The average molecular weight is 316 g/mol. The van der Waals surface area contributed by atoms with Crippen LogP contribution in [0.3, 0.4) is 0 Å². The van der Waals surface area contributed by atoms with Gasteiger partial charge in [0.05, 0.1) is 5.69 Å². The minimum absolute atomic E-state index is 0.0300. The minimum Gasteiger partial charge on any atom is -0.480 e. The van der Waals surface area contributed by atoms with Crippen molar-refractivity contribution >= 4 is 29.4 Å². The lowest BCUT2D eigenvalue weighted by atomic mass is 10.3. The van der Waals surface area contributed by atoms with Crippen molar-refractivity contribution in [1.82, 2.24) is 4.90 Å². The lowest BCUT2D eigenvalue weighted by Gasteiger charge is -2.20. The van der Waals surface area contributed by atoms with E-state index in [1.54, 1.807) is 12.1 Å². The van der Waals surface area contributed by atoms with E-state index < -0.39 is 24.3 Å². The van der Waals surface area contributed by atoms with Crippen molar-refractivity contribution in [2.45, 2.75) is 10.7 Å². The molecule has 0 saturated carbocycles. The van der Waals surface area contributed by atoms with Crippen LogP contribution in [0.1, 0.15) is 0 Å². The third-order valence-electron chi connectivity index (χ3n) is 2.31. The van der Waals surface area contributed by atoms with Crippen molar-refractivity contribution in [2.24, 2.45) is 0 Å². The third kappa shape index (κ3) is 5.82. The molecule has 0 bridgehead atoms. The smallest absolute Gasteiger partial charge is 0.323 e. The molecule has 1 rings (SSSR count). The molecule has 8 heteroatoms. The molecule has 0 heterocycles. The molecule has 114 valence electrons. The number of aliphatic carboxylic acids is 1. The summed E-state index contributed by atoms with van der Waals surface area (Å²) in [6.07, 6.45) is 1.38. The van der Waals surface area contributed by atoms with Crippen LogP contribution in [0.2, 0.25) is 0 Å². The van der Waals surface area contributed by atoms with Gasteiger partial charge in [-0.05, 0) is 12.1 Å². The molecule has 0 spiro atoms. The number of thioether (sulfide) groups is 1. The van der Waals surface area contributed by atoms with E-state index >= 15 is 0 Å². The Morgan fingerprint density at radius 1 is 1.43 bits per heavy atom. The first-order valence-corrected chi connectivity index (χ1v) is 6.74. The Morgan fingerprint density at radius 2 is 2.10 bits per heavy atom. The van der Waals surface area contributed by atoms with Crippen LogP contribution in [0.4, 0.5) is 19.3 Å². The maximum absolute atomic E-state index is 12.4. The second-order valence-corrected chi connectivity index (χ2v) is 4.90. The highest BCUT2D eigenvalue weighted by Crippen LogP contribution is 2.31. The summed E-state index contributed by atoms with van der Waals surface area (Å²) in [5, 5.41) is 11.2. The van der Waals surface area contributed by atoms with Crippen LogP contribution >= 0.6 is 11.8 Å². The number of urea groups is 1. The topological polar surface area (TPSA) is 69.6 Å². The second-order valence-electron chi connectivity index (χ2n) is 3.87. The predicted molar refractivity (Wildman–Crippen MR) is 76.7 cm³/mol. The minimum atomic E-state index is -2.62. The number of carbonyl (C=O) groups excluding carboxylic acids is 1. The summed E-state index contributed by atoms with van der Waals surface area (Å²) in [4.78, 5) is 23.9. The van der Waals surface area contributed by atoms with Crippen LogP contribution in [0.5, 0.6) is 0 Å². The zero-order chi connectivity index (χ0) is 15.8. The number of amides is 2. The highest BCUT2D eigenvalue weighted by atomic mass is 32.2. The van der Waals surface area contributed by atoms with E-state index in [0.29, 0.717) is 11.8 Å². The quantitative estimate of drug-likeness (QED) is 0.599. The molecule has 0 aliphatic carbocycles. The van der Waals surface area contributed by atoms with Crippen molar-refractivity contribution in [3.05, 3.63) is 36.9 Å². The molecule has 2 amide bonds. The number of rotatable bonds is 7. The Labute approximate surface area is 124 Å². The molecule has 1 aromatic carbocycles. The van der Waals surface area contributed by atoms with Crippen LogP contribution in [-0.4, -0.2) is 40.9 Å². The number of alkyl halides is 2. The summed E-state index contributed by atoms with van der Waals surface area (Å²) >= 11 is 0.303. The number of benzene rings is 1. The zero-order valence-electron chi connectivity index (χ0n) is 11.0. The first kappa shape index (κ1) is 17.0. The lowest BCUT2D eigenvalue weighted by molar-refractivity contribution is -0.137. The Bertz CT molecular complexity index is 526. The van der Waals surface area contributed by atoms with E-state index in [9.17, 15) is 18.4 Å². The number of nitrogens with zero attached hydrogens (tertiary/aromatic N) is 1. The summed E-state index contributed by atoms with van der Waals surface area (Å²) in [5.41, 5.74) is 0.201. The molecule has 21 heavy (non-hydrogen) atoms. The molecule has 0 aliphatic rings. The van der Waals surface area contributed by atoms with E-state index in [1.165, 1.54) is 18.2 Å². The summed E-state index contributed by atoms with van der Waals surface area (Å²) in [5.74, 6) is -3.80. The Morgan fingerprint density at radius 3 is 2.67 bits per heavy atom. The Hall–Kier alpha value is -2.09. The number of carboxylic acid groups (broad SMARTS) is 1. The fraction of sp³-hybridized carbons (Fsp3) is 0.231.